The van der Waals surface area contributed by atoms with Gasteiger partial charge in [-0.05, 0) is 43.2 Å². The first kappa shape index (κ1) is 19.8. The van der Waals surface area contributed by atoms with Crippen molar-refractivity contribution in [2.75, 3.05) is 13.1 Å². The molecule has 1 aliphatic rings. The second-order valence-electron chi connectivity index (χ2n) is 6.90. The van der Waals surface area contributed by atoms with E-state index in [1.807, 2.05) is 31.2 Å². The van der Waals surface area contributed by atoms with Crippen molar-refractivity contribution in [3.63, 3.8) is 0 Å². The van der Waals surface area contributed by atoms with Crippen LogP contribution in [0.5, 0.6) is 0 Å². The largest absolute Gasteiger partial charge is 0.481 e. The highest BCUT2D eigenvalue weighted by Gasteiger charge is 2.27. The minimum absolute atomic E-state index is 0.0490. The molecule has 1 saturated heterocycles. The van der Waals surface area contributed by atoms with Gasteiger partial charge in [0.2, 0.25) is 5.91 Å². The molecule has 0 bridgehead atoms. The summed E-state index contributed by atoms with van der Waals surface area (Å²) in [6.07, 6.45) is 2.66. The van der Waals surface area contributed by atoms with Crippen LogP contribution in [0, 0.1) is 12.8 Å². The third kappa shape index (κ3) is 5.75. The van der Waals surface area contributed by atoms with Gasteiger partial charge in [0.15, 0.2) is 0 Å². The van der Waals surface area contributed by atoms with E-state index in [0.717, 1.165) is 24.0 Å². The van der Waals surface area contributed by atoms with E-state index in [4.69, 9.17) is 10.8 Å². The normalized spacial score (nSPS) is 18.2. The summed E-state index contributed by atoms with van der Waals surface area (Å²) in [6.45, 7) is 3.17. The molecule has 1 aliphatic heterocycles. The lowest BCUT2D eigenvalue weighted by Crippen LogP contribution is -2.43. The van der Waals surface area contributed by atoms with E-state index in [1.165, 1.54) is 0 Å². The molecule has 7 heteroatoms. The molecule has 1 aromatic carbocycles. The molecule has 1 fully saturated rings. The fourth-order valence-electron chi connectivity index (χ4n) is 3.55. The van der Waals surface area contributed by atoms with Gasteiger partial charge in [0.05, 0.1) is 12.5 Å². The Balaban J connectivity index is 2.03. The molecule has 7 nitrogen and oxygen atoms in total. The van der Waals surface area contributed by atoms with Crippen LogP contribution in [0.1, 0.15) is 49.3 Å². The van der Waals surface area contributed by atoms with Gasteiger partial charge in [-0.15, -0.1) is 0 Å². The summed E-state index contributed by atoms with van der Waals surface area (Å²) < 4.78 is 0. The van der Waals surface area contributed by atoms with Crippen molar-refractivity contribution in [3.8, 4) is 0 Å². The molecule has 2 atom stereocenters. The summed E-state index contributed by atoms with van der Waals surface area (Å²) in [6, 6.07) is 6.45. The quantitative estimate of drug-likeness (QED) is 0.691. The zero-order valence-electron chi connectivity index (χ0n) is 15.1. The van der Waals surface area contributed by atoms with Crippen molar-refractivity contribution in [2.24, 2.45) is 11.7 Å². The Hall–Kier alpha value is -2.57. The van der Waals surface area contributed by atoms with Gasteiger partial charge in [0.1, 0.15) is 0 Å². The lowest BCUT2D eigenvalue weighted by atomic mass is 9.92. The molecular formula is C19H27N3O4. The fraction of sp³-hybridized carbons (Fsp3) is 0.526. The first-order valence-electron chi connectivity index (χ1n) is 8.98. The first-order valence-corrected chi connectivity index (χ1v) is 8.98. The van der Waals surface area contributed by atoms with Gasteiger partial charge in [-0.2, -0.15) is 0 Å². The molecule has 3 amide bonds. The van der Waals surface area contributed by atoms with Crippen molar-refractivity contribution >= 4 is 17.9 Å². The highest BCUT2D eigenvalue weighted by Crippen LogP contribution is 2.25. The molecule has 2 unspecified atom stereocenters. The second kappa shape index (κ2) is 9.22. The average molecular weight is 361 g/mol. The number of nitrogens with two attached hydrogens (primary N) is 1. The minimum atomic E-state index is -0.807. The maximum Gasteiger partial charge on any atom is 0.312 e. The van der Waals surface area contributed by atoms with E-state index in [2.05, 4.69) is 5.32 Å². The van der Waals surface area contributed by atoms with Gasteiger partial charge >= 0.3 is 12.0 Å². The number of primary amides is 1. The number of carboxylic acid groups (broad SMARTS) is 1. The molecule has 2 rings (SSSR count). The van der Waals surface area contributed by atoms with Crippen molar-refractivity contribution in [3.05, 3.63) is 35.4 Å². The Bertz CT molecular complexity index is 662. The van der Waals surface area contributed by atoms with Crippen molar-refractivity contribution in [1.82, 2.24) is 10.2 Å². The molecule has 1 aromatic rings. The fourth-order valence-corrected chi connectivity index (χ4v) is 3.55. The lowest BCUT2D eigenvalue weighted by Gasteiger charge is -2.34. The predicted octanol–water partition coefficient (Wildman–Crippen LogP) is 2.20. The number of carboxylic acids is 1. The van der Waals surface area contributed by atoms with E-state index >= 15 is 0 Å². The van der Waals surface area contributed by atoms with Crippen LogP contribution in [0.2, 0.25) is 0 Å². The van der Waals surface area contributed by atoms with Crippen LogP contribution in [-0.2, 0) is 9.59 Å². The molecule has 0 aromatic heterocycles. The number of likely N-dealkylation sites (tertiary alicyclic amines) is 1. The van der Waals surface area contributed by atoms with Gasteiger partial charge in [-0.25, -0.2) is 4.79 Å². The average Bonchev–Trinajstić information content (AvgIpc) is 2.59. The second-order valence-corrected chi connectivity index (χ2v) is 6.90. The summed E-state index contributed by atoms with van der Waals surface area (Å²) in [4.78, 5) is 36.7. The lowest BCUT2D eigenvalue weighted by molar-refractivity contribution is -0.137. The molecule has 0 radical (unpaired) electrons. The predicted molar refractivity (Wildman–Crippen MR) is 97.4 cm³/mol. The van der Waals surface area contributed by atoms with Crippen LogP contribution in [0.15, 0.2) is 24.3 Å². The van der Waals surface area contributed by atoms with Crippen molar-refractivity contribution in [1.29, 1.82) is 0 Å². The third-order valence-electron chi connectivity index (χ3n) is 4.90. The number of aryl methyl sites for hydroxylation is 1. The number of hydrogen-bond acceptors (Lipinski definition) is 3. The topological polar surface area (TPSA) is 113 Å². The molecule has 0 spiro atoms. The van der Waals surface area contributed by atoms with Gasteiger partial charge in [-0.1, -0.05) is 24.3 Å². The number of hydrogen-bond donors (Lipinski definition) is 3. The first-order chi connectivity index (χ1) is 12.4. The van der Waals surface area contributed by atoms with Gasteiger partial charge in [0, 0.05) is 19.5 Å². The number of carbonyl (C=O) groups excluding carboxylic acids is 2. The number of carbonyl (C=O) groups is 3. The Morgan fingerprint density at radius 1 is 1.35 bits per heavy atom. The number of benzene rings is 1. The zero-order chi connectivity index (χ0) is 19.1. The molecular weight excluding hydrogens is 334 g/mol. The molecule has 1 heterocycles. The van der Waals surface area contributed by atoms with Crippen LogP contribution in [0.4, 0.5) is 4.79 Å². The van der Waals surface area contributed by atoms with Gasteiger partial charge < -0.3 is 21.1 Å². The molecule has 142 valence electrons. The Morgan fingerprint density at radius 2 is 2.08 bits per heavy atom. The number of nitrogens with one attached hydrogen (secondary N) is 1. The Morgan fingerprint density at radius 3 is 2.73 bits per heavy atom. The number of aliphatic carboxylic acids is 1. The SMILES string of the molecule is Cc1ccccc1C(CC(=O)N1CCCC(CCC(=O)O)C1)NC(N)=O. The molecule has 0 saturated carbocycles. The summed E-state index contributed by atoms with van der Waals surface area (Å²) in [5, 5.41) is 11.5. The number of piperidine rings is 1. The summed E-state index contributed by atoms with van der Waals surface area (Å²) in [7, 11) is 0. The highest BCUT2D eigenvalue weighted by atomic mass is 16.4. The number of urea groups is 1. The number of amides is 3. The summed E-state index contributed by atoms with van der Waals surface area (Å²) >= 11 is 0. The summed E-state index contributed by atoms with van der Waals surface area (Å²) in [5.74, 6) is -0.643. The minimum Gasteiger partial charge on any atom is -0.481 e. The Kier molecular flexibility index (Phi) is 7.00. The highest BCUT2D eigenvalue weighted by molar-refractivity contribution is 5.79. The van der Waals surface area contributed by atoms with E-state index in [1.54, 1.807) is 4.90 Å². The Labute approximate surface area is 153 Å². The van der Waals surface area contributed by atoms with Crippen LogP contribution in [-0.4, -0.2) is 41.0 Å². The summed E-state index contributed by atoms with van der Waals surface area (Å²) in [5.41, 5.74) is 7.15. The smallest absolute Gasteiger partial charge is 0.312 e. The standard InChI is InChI=1S/C19H27N3O4/c1-13-5-2-3-7-15(13)16(21-19(20)26)11-17(23)22-10-4-6-14(12-22)8-9-18(24)25/h2-3,5,7,14,16H,4,6,8-12H2,1H3,(H,24,25)(H3,20,21,26). The van der Waals surface area contributed by atoms with Crippen molar-refractivity contribution in [2.45, 2.75) is 45.1 Å². The van der Waals surface area contributed by atoms with E-state index in [-0.39, 0.29) is 24.7 Å². The van der Waals surface area contributed by atoms with Crippen LogP contribution in [0.3, 0.4) is 0 Å². The monoisotopic (exact) mass is 361 g/mol. The van der Waals surface area contributed by atoms with Gasteiger partial charge in [-0.3, -0.25) is 9.59 Å². The zero-order valence-corrected chi connectivity index (χ0v) is 15.1. The third-order valence-corrected chi connectivity index (χ3v) is 4.90. The number of rotatable bonds is 7. The van der Waals surface area contributed by atoms with Gasteiger partial charge in [0.25, 0.3) is 0 Å². The maximum atomic E-state index is 12.8. The van der Waals surface area contributed by atoms with E-state index < -0.39 is 18.0 Å². The molecule has 0 aliphatic carbocycles. The maximum absolute atomic E-state index is 12.8. The van der Waals surface area contributed by atoms with Crippen LogP contribution >= 0.6 is 0 Å². The number of nitrogens with zero attached hydrogens (tertiary/aromatic N) is 1. The van der Waals surface area contributed by atoms with Crippen LogP contribution < -0.4 is 11.1 Å². The van der Waals surface area contributed by atoms with Crippen molar-refractivity contribution < 1.29 is 19.5 Å². The molecule has 4 N–H and O–H groups in total. The van der Waals surface area contributed by atoms with E-state index in [9.17, 15) is 14.4 Å². The van der Waals surface area contributed by atoms with Crippen LogP contribution in [0.25, 0.3) is 0 Å². The van der Waals surface area contributed by atoms with E-state index in [0.29, 0.717) is 19.5 Å². The molecule has 26 heavy (non-hydrogen) atoms.